The summed E-state index contributed by atoms with van der Waals surface area (Å²) in [5.74, 6) is 0.456. The second kappa shape index (κ2) is 6.75. The van der Waals surface area contributed by atoms with Gasteiger partial charge in [-0.05, 0) is 18.6 Å². The first-order valence-corrected chi connectivity index (χ1v) is 8.46. The van der Waals surface area contributed by atoms with E-state index >= 15 is 0 Å². The fourth-order valence-corrected chi connectivity index (χ4v) is 3.49. The molecular weight excluding hydrogens is 302 g/mol. The van der Waals surface area contributed by atoms with Crippen LogP contribution in [0.5, 0.6) is 0 Å². The molecule has 3 aromatic heterocycles. The van der Waals surface area contributed by atoms with Crippen LogP contribution in [0.4, 0.5) is 0 Å². The Morgan fingerprint density at radius 2 is 2.29 bits per heavy atom. The fourth-order valence-electron chi connectivity index (χ4n) is 3.49. The summed E-state index contributed by atoms with van der Waals surface area (Å²) in [6, 6.07) is 4.20. The van der Waals surface area contributed by atoms with Crippen molar-refractivity contribution in [2.24, 2.45) is 13.0 Å². The van der Waals surface area contributed by atoms with E-state index in [1.807, 2.05) is 30.3 Å². The van der Waals surface area contributed by atoms with Crippen molar-refractivity contribution >= 4 is 5.52 Å². The molecule has 4 heterocycles. The Hall–Kier alpha value is -2.18. The van der Waals surface area contributed by atoms with Crippen molar-refractivity contribution in [2.75, 3.05) is 26.3 Å². The van der Waals surface area contributed by atoms with Crippen molar-refractivity contribution in [3.63, 3.8) is 0 Å². The summed E-state index contributed by atoms with van der Waals surface area (Å²) < 4.78 is 9.84. The van der Waals surface area contributed by atoms with Crippen molar-refractivity contribution < 1.29 is 4.74 Å². The van der Waals surface area contributed by atoms with Crippen LogP contribution in [-0.4, -0.2) is 50.4 Å². The van der Waals surface area contributed by atoms with Crippen molar-refractivity contribution in [1.29, 1.82) is 0 Å². The van der Waals surface area contributed by atoms with Crippen LogP contribution in [0.25, 0.3) is 5.52 Å². The van der Waals surface area contributed by atoms with E-state index in [0.29, 0.717) is 5.92 Å². The molecule has 0 spiro atoms. The average molecular weight is 325 g/mol. The van der Waals surface area contributed by atoms with Crippen molar-refractivity contribution in [3.8, 4) is 0 Å². The van der Waals surface area contributed by atoms with Gasteiger partial charge in [-0.3, -0.25) is 14.6 Å². The number of aromatic nitrogens is 4. The van der Waals surface area contributed by atoms with Crippen LogP contribution in [0.2, 0.25) is 0 Å². The monoisotopic (exact) mass is 325 g/mol. The molecule has 0 aliphatic carbocycles. The zero-order chi connectivity index (χ0) is 16.4. The zero-order valence-electron chi connectivity index (χ0n) is 14.0. The maximum Gasteiger partial charge on any atom is 0.0666 e. The number of ether oxygens (including phenoxy) is 1. The molecule has 126 valence electrons. The lowest BCUT2D eigenvalue weighted by Gasteiger charge is -2.22. The third-order valence-electron chi connectivity index (χ3n) is 4.60. The summed E-state index contributed by atoms with van der Waals surface area (Å²) >= 11 is 0. The Kier molecular flexibility index (Phi) is 4.32. The molecule has 1 unspecified atom stereocenters. The average Bonchev–Trinajstić information content (AvgIpc) is 3.15. The van der Waals surface area contributed by atoms with Gasteiger partial charge in [-0.25, -0.2) is 0 Å². The Balaban J connectivity index is 1.47. The zero-order valence-corrected chi connectivity index (χ0v) is 14.0. The largest absolute Gasteiger partial charge is 0.380 e. The smallest absolute Gasteiger partial charge is 0.0666 e. The Morgan fingerprint density at radius 1 is 1.33 bits per heavy atom. The van der Waals surface area contributed by atoms with Gasteiger partial charge in [0.2, 0.25) is 0 Å². The minimum atomic E-state index is 0.456. The molecular formula is C18H23N5O. The lowest BCUT2D eigenvalue weighted by Crippen LogP contribution is -2.30. The summed E-state index contributed by atoms with van der Waals surface area (Å²) in [5, 5.41) is 4.27. The Morgan fingerprint density at radius 3 is 3.17 bits per heavy atom. The highest BCUT2D eigenvalue weighted by Gasteiger charge is 2.21. The van der Waals surface area contributed by atoms with E-state index in [0.717, 1.165) is 45.0 Å². The maximum absolute atomic E-state index is 5.85. The lowest BCUT2D eigenvalue weighted by molar-refractivity contribution is 0.121. The third kappa shape index (κ3) is 3.34. The minimum Gasteiger partial charge on any atom is -0.380 e. The quantitative estimate of drug-likeness (QED) is 0.733. The molecule has 0 aromatic carbocycles. The number of hydrogen-bond acceptors (Lipinski definition) is 4. The molecule has 0 amide bonds. The fraction of sp³-hybridized carbons (Fsp3) is 0.444. The molecule has 6 nitrogen and oxygen atoms in total. The van der Waals surface area contributed by atoms with Crippen LogP contribution >= 0.6 is 0 Å². The van der Waals surface area contributed by atoms with E-state index in [1.165, 1.54) is 11.1 Å². The van der Waals surface area contributed by atoms with Gasteiger partial charge in [0.1, 0.15) is 0 Å². The molecule has 3 aromatic rings. The summed E-state index contributed by atoms with van der Waals surface area (Å²) in [5.41, 5.74) is 3.60. The molecule has 1 saturated heterocycles. The lowest BCUT2D eigenvalue weighted by atomic mass is 10.0. The van der Waals surface area contributed by atoms with Crippen LogP contribution in [0.15, 0.2) is 43.1 Å². The van der Waals surface area contributed by atoms with E-state index in [4.69, 9.17) is 4.74 Å². The number of fused-ring (bicyclic) bond motifs is 1. The van der Waals surface area contributed by atoms with E-state index < -0.39 is 0 Å². The summed E-state index contributed by atoms with van der Waals surface area (Å²) in [6.45, 7) is 4.51. The molecule has 24 heavy (non-hydrogen) atoms. The highest BCUT2D eigenvalue weighted by Crippen LogP contribution is 2.18. The normalized spacial score (nSPS) is 19.6. The van der Waals surface area contributed by atoms with E-state index in [-0.39, 0.29) is 0 Å². The Labute approximate surface area is 141 Å². The van der Waals surface area contributed by atoms with Gasteiger partial charge in [0.15, 0.2) is 0 Å². The van der Waals surface area contributed by atoms with E-state index in [9.17, 15) is 0 Å². The molecule has 0 saturated carbocycles. The van der Waals surface area contributed by atoms with Crippen LogP contribution in [-0.2, 0) is 24.8 Å². The van der Waals surface area contributed by atoms with Gasteiger partial charge in [-0.1, -0.05) is 0 Å². The maximum atomic E-state index is 5.85. The van der Waals surface area contributed by atoms with Gasteiger partial charge >= 0.3 is 0 Å². The topological polar surface area (TPSA) is 47.6 Å². The number of nitrogens with zero attached hydrogens (tertiary/aromatic N) is 5. The molecule has 1 atom stereocenters. The molecule has 1 fully saturated rings. The van der Waals surface area contributed by atoms with Crippen LogP contribution in [0.1, 0.15) is 11.3 Å². The second-order valence-electron chi connectivity index (χ2n) is 6.58. The SMILES string of the molecule is Cn1cc(CN2CCOCC(Cc3nccn4cccc34)C2)cn1. The minimum absolute atomic E-state index is 0.456. The van der Waals surface area contributed by atoms with Crippen LogP contribution in [0, 0.1) is 5.92 Å². The first-order chi connectivity index (χ1) is 11.8. The molecule has 6 heteroatoms. The van der Waals surface area contributed by atoms with E-state index in [1.54, 1.807) is 0 Å². The highest BCUT2D eigenvalue weighted by atomic mass is 16.5. The van der Waals surface area contributed by atoms with Gasteiger partial charge in [0.25, 0.3) is 0 Å². The number of aryl methyl sites for hydroxylation is 1. The predicted octanol–water partition coefficient (Wildman–Crippen LogP) is 1.76. The standard InChI is InChI=1S/C18H23N5O/c1-21-11-16(10-20-21)13-22-7-8-24-14-15(12-22)9-17-18-3-2-5-23(18)6-4-19-17/h2-6,10-11,15H,7-9,12-14H2,1H3. The predicted molar refractivity (Wildman–Crippen MR) is 91.7 cm³/mol. The number of rotatable bonds is 4. The summed E-state index contributed by atoms with van der Waals surface area (Å²) in [4.78, 5) is 7.07. The van der Waals surface area contributed by atoms with Gasteiger partial charge < -0.3 is 9.14 Å². The Bertz CT molecular complexity index is 808. The third-order valence-corrected chi connectivity index (χ3v) is 4.60. The van der Waals surface area contributed by atoms with Gasteiger partial charge in [0.05, 0.1) is 30.6 Å². The van der Waals surface area contributed by atoms with Gasteiger partial charge in [-0.15, -0.1) is 0 Å². The molecule has 4 rings (SSSR count). The van der Waals surface area contributed by atoms with Crippen LogP contribution < -0.4 is 0 Å². The highest BCUT2D eigenvalue weighted by molar-refractivity contribution is 5.52. The van der Waals surface area contributed by atoms with E-state index in [2.05, 4.69) is 43.9 Å². The molecule has 1 aliphatic rings. The van der Waals surface area contributed by atoms with Gasteiger partial charge in [-0.2, -0.15) is 5.10 Å². The van der Waals surface area contributed by atoms with Crippen molar-refractivity contribution in [2.45, 2.75) is 13.0 Å². The van der Waals surface area contributed by atoms with Crippen LogP contribution in [0.3, 0.4) is 0 Å². The molecule has 0 N–H and O–H groups in total. The summed E-state index contributed by atoms with van der Waals surface area (Å²) in [6.07, 6.45) is 10.9. The second-order valence-corrected chi connectivity index (χ2v) is 6.58. The van der Waals surface area contributed by atoms with Crippen molar-refractivity contribution in [3.05, 3.63) is 54.4 Å². The molecule has 0 bridgehead atoms. The number of hydrogen-bond donors (Lipinski definition) is 0. The molecule has 0 radical (unpaired) electrons. The van der Waals surface area contributed by atoms with Crippen molar-refractivity contribution in [1.82, 2.24) is 24.1 Å². The summed E-state index contributed by atoms with van der Waals surface area (Å²) in [7, 11) is 1.96. The first-order valence-electron chi connectivity index (χ1n) is 8.46. The first kappa shape index (κ1) is 15.4. The van der Waals surface area contributed by atoms with Gasteiger partial charge in [0, 0.05) is 63.0 Å². The molecule has 1 aliphatic heterocycles.